The zero-order valence-electron chi connectivity index (χ0n) is 7.72. The summed E-state index contributed by atoms with van der Waals surface area (Å²) in [4.78, 5) is 0. The zero-order valence-corrected chi connectivity index (χ0v) is 7.72. The van der Waals surface area contributed by atoms with E-state index in [-0.39, 0.29) is 0 Å². The van der Waals surface area contributed by atoms with Gasteiger partial charge in [0.2, 0.25) is 0 Å². The second-order valence-electron chi connectivity index (χ2n) is 3.37. The number of terminal acetylenes is 1. The van der Waals surface area contributed by atoms with Crippen molar-refractivity contribution < 1.29 is 5.11 Å². The van der Waals surface area contributed by atoms with Crippen LogP contribution in [0.15, 0.2) is 0 Å². The molecular formula is C10H18O. The molecule has 0 aliphatic carbocycles. The lowest BCUT2D eigenvalue weighted by Gasteiger charge is -2.28. The van der Waals surface area contributed by atoms with Crippen LogP contribution in [0.3, 0.4) is 0 Å². The Kier molecular flexibility index (Phi) is 4.22. The molecule has 0 heterocycles. The summed E-state index contributed by atoms with van der Waals surface area (Å²) in [6.07, 6.45) is 7.48. The van der Waals surface area contributed by atoms with Crippen molar-refractivity contribution in [2.24, 2.45) is 5.92 Å². The third-order valence-corrected chi connectivity index (χ3v) is 2.45. The minimum atomic E-state index is -0.582. The highest BCUT2D eigenvalue weighted by Gasteiger charge is 2.25. The van der Waals surface area contributed by atoms with Gasteiger partial charge >= 0.3 is 0 Å². The second-order valence-corrected chi connectivity index (χ2v) is 3.37. The first-order valence-electron chi connectivity index (χ1n) is 4.20. The Morgan fingerprint density at radius 2 is 2.18 bits per heavy atom. The summed E-state index contributed by atoms with van der Waals surface area (Å²) in [7, 11) is 0. The van der Waals surface area contributed by atoms with Gasteiger partial charge in [-0.15, -0.1) is 12.3 Å². The fourth-order valence-electron chi connectivity index (χ4n) is 1.01. The van der Waals surface area contributed by atoms with Gasteiger partial charge in [-0.05, 0) is 19.3 Å². The summed E-state index contributed by atoms with van der Waals surface area (Å²) in [6.45, 7) is 5.99. The first-order chi connectivity index (χ1) is 5.04. The maximum absolute atomic E-state index is 9.82. The van der Waals surface area contributed by atoms with Crippen LogP contribution in [-0.2, 0) is 0 Å². The van der Waals surface area contributed by atoms with E-state index in [1.54, 1.807) is 0 Å². The topological polar surface area (TPSA) is 20.2 Å². The van der Waals surface area contributed by atoms with Crippen molar-refractivity contribution in [2.75, 3.05) is 0 Å². The van der Waals surface area contributed by atoms with Gasteiger partial charge in [0.1, 0.15) is 0 Å². The van der Waals surface area contributed by atoms with Crippen molar-refractivity contribution in [1.82, 2.24) is 0 Å². The molecule has 0 aromatic heterocycles. The maximum Gasteiger partial charge on any atom is 0.0654 e. The molecule has 0 spiro atoms. The predicted molar refractivity (Wildman–Crippen MR) is 48.1 cm³/mol. The maximum atomic E-state index is 9.82. The number of aliphatic hydroxyl groups is 1. The lowest BCUT2D eigenvalue weighted by Crippen LogP contribution is -2.32. The van der Waals surface area contributed by atoms with Gasteiger partial charge in [0.05, 0.1) is 5.60 Å². The molecule has 0 aliphatic rings. The molecular weight excluding hydrogens is 136 g/mol. The number of hydrogen-bond donors (Lipinski definition) is 1. The lowest BCUT2D eigenvalue weighted by molar-refractivity contribution is -0.00177. The minimum Gasteiger partial charge on any atom is -0.390 e. The van der Waals surface area contributed by atoms with Crippen molar-refractivity contribution in [3.05, 3.63) is 0 Å². The summed E-state index contributed by atoms with van der Waals surface area (Å²) in [5, 5.41) is 9.82. The molecule has 0 aromatic rings. The van der Waals surface area contributed by atoms with Gasteiger partial charge in [-0.3, -0.25) is 0 Å². The quantitative estimate of drug-likeness (QED) is 0.615. The van der Waals surface area contributed by atoms with Crippen LogP contribution in [0.4, 0.5) is 0 Å². The van der Waals surface area contributed by atoms with E-state index in [9.17, 15) is 5.11 Å². The van der Waals surface area contributed by atoms with Crippen LogP contribution in [0.25, 0.3) is 0 Å². The third-order valence-electron chi connectivity index (χ3n) is 2.45. The first kappa shape index (κ1) is 10.5. The van der Waals surface area contributed by atoms with Gasteiger partial charge in [0, 0.05) is 6.42 Å². The van der Waals surface area contributed by atoms with E-state index in [1.807, 2.05) is 6.92 Å². The van der Waals surface area contributed by atoms with Crippen molar-refractivity contribution in [2.45, 2.75) is 45.6 Å². The summed E-state index contributed by atoms with van der Waals surface area (Å²) in [6, 6.07) is 0. The smallest absolute Gasteiger partial charge is 0.0654 e. The third kappa shape index (κ3) is 3.43. The summed E-state index contributed by atoms with van der Waals surface area (Å²) in [5.41, 5.74) is -0.582. The number of hydrogen-bond acceptors (Lipinski definition) is 1. The van der Waals surface area contributed by atoms with Crippen LogP contribution < -0.4 is 0 Å². The highest BCUT2D eigenvalue weighted by molar-refractivity contribution is 4.89. The zero-order chi connectivity index (χ0) is 8.91. The van der Waals surface area contributed by atoms with Crippen LogP contribution in [0.2, 0.25) is 0 Å². The van der Waals surface area contributed by atoms with Crippen LogP contribution in [-0.4, -0.2) is 10.7 Å². The Morgan fingerprint density at radius 3 is 2.55 bits per heavy atom. The second kappa shape index (κ2) is 4.41. The molecule has 0 aromatic carbocycles. The van der Waals surface area contributed by atoms with Gasteiger partial charge in [0.25, 0.3) is 0 Å². The molecule has 1 nitrogen and oxygen atoms in total. The molecule has 0 amide bonds. The van der Waals surface area contributed by atoms with Gasteiger partial charge < -0.3 is 5.11 Å². The van der Waals surface area contributed by atoms with E-state index >= 15 is 0 Å². The Bertz CT molecular complexity index is 141. The van der Waals surface area contributed by atoms with E-state index in [2.05, 4.69) is 19.8 Å². The van der Waals surface area contributed by atoms with Gasteiger partial charge in [-0.1, -0.05) is 20.3 Å². The Balaban J connectivity index is 3.89. The normalized spacial score (nSPS) is 18.5. The molecule has 1 N–H and O–H groups in total. The Morgan fingerprint density at radius 1 is 1.64 bits per heavy atom. The monoisotopic (exact) mass is 154 g/mol. The molecule has 0 rings (SSSR count). The van der Waals surface area contributed by atoms with Crippen molar-refractivity contribution >= 4 is 0 Å². The SMILES string of the molecule is C#CCCC(C)(O)C(C)CC. The molecule has 0 bridgehead atoms. The summed E-state index contributed by atoms with van der Waals surface area (Å²) < 4.78 is 0. The van der Waals surface area contributed by atoms with Crippen molar-refractivity contribution in [1.29, 1.82) is 0 Å². The van der Waals surface area contributed by atoms with Crippen molar-refractivity contribution in [3.63, 3.8) is 0 Å². The summed E-state index contributed by atoms with van der Waals surface area (Å²) >= 11 is 0. The fraction of sp³-hybridized carbons (Fsp3) is 0.800. The lowest BCUT2D eigenvalue weighted by atomic mass is 9.85. The van der Waals surface area contributed by atoms with E-state index in [1.165, 1.54) is 0 Å². The largest absolute Gasteiger partial charge is 0.390 e. The highest BCUT2D eigenvalue weighted by Crippen LogP contribution is 2.24. The predicted octanol–water partition coefficient (Wildman–Crippen LogP) is 2.20. The van der Waals surface area contributed by atoms with Crippen LogP contribution in [0.1, 0.15) is 40.0 Å². The van der Waals surface area contributed by atoms with Gasteiger partial charge in [-0.2, -0.15) is 0 Å². The van der Waals surface area contributed by atoms with Gasteiger partial charge in [0.15, 0.2) is 0 Å². The molecule has 0 fully saturated rings. The summed E-state index contributed by atoms with van der Waals surface area (Å²) in [5.74, 6) is 2.87. The highest BCUT2D eigenvalue weighted by atomic mass is 16.3. The van der Waals surface area contributed by atoms with Crippen LogP contribution in [0.5, 0.6) is 0 Å². The Hall–Kier alpha value is -0.480. The molecule has 2 unspecified atom stereocenters. The minimum absolute atomic E-state index is 0.329. The fourth-order valence-corrected chi connectivity index (χ4v) is 1.01. The van der Waals surface area contributed by atoms with E-state index in [0.29, 0.717) is 18.8 Å². The van der Waals surface area contributed by atoms with E-state index in [0.717, 1.165) is 6.42 Å². The molecule has 0 radical (unpaired) electrons. The molecule has 2 atom stereocenters. The number of rotatable bonds is 4. The van der Waals surface area contributed by atoms with E-state index in [4.69, 9.17) is 6.42 Å². The van der Waals surface area contributed by atoms with E-state index < -0.39 is 5.60 Å². The standard InChI is InChI=1S/C10H18O/c1-5-7-8-10(4,11)9(3)6-2/h1,9,11H,6-8H2,2-4H3. The van der Waals surface area contributed by atoms with Crippen LogP contribution in [0, 0.1) is 18.3 Å². The average Bonchev–Trinajstić information content (AvgIpc) is 1.99. The van der Waals surface area contributed by atoms with Crippen molar-refractivity contribution in [3.8, 4) is 12.3 Å². The molecule has 64 valence electrons. The molecule has 0 saturated heterocycles. The average molecular weight is 154 g/mol. The first-order valence-corrected chi connectivity index (χ1v) is 4.20. The van der Waals surface area contributed by atoms with Crippen LogP contribution >= 0.6 is 0 Å². The Labute approximate surface area is 69.8 Å². The van der Waals surface area contributed by atoms with Gasteiger partial charge in [-0.25, -0.2) is 0 Å². The molecule has 11 heavy (non-hydrogen) atoms. The molecule has 0 aliphatic heterocycles. The molecule has 0 saturated carbocycles. The molecule has 1 heteroatoms.